The Morgan fingerprint density at radius 3 is 2.78 bits per heavy atom. The molecule has 23 heavy (non-hydrogen) atoms. The summed E-state index contributed by atoms with van der Waals surface area (Å²) in [6, 6.07) is 8.76. The number of nitrogens with one attached hydrogen (secondary N) is 3. The molecular weight excluding hydrogens is 316 g/mol. The van der Waals surface area contributed by atoms with E-state index >= 15 is 0 Å². The Labute approximate surface area is 139 Å². The lowest BCUT2D eigenvalue weighted by Crippen LogP contribution is -2.39. The van der Waals surface area contributed by atoms with Gasteiger partial charge < -0.3 is 10.1 Å². The van der Waals surface area contributed by atoms with Crippen molar-refractivity contribution in [3.8, 4) is 5.75 Å². The van der Waals surface area contributed by atoms with E-state index in [1.54, 1.807) is 37.7 Å². The van der Waals surface area contributed by atoms with Crippen LogP contribution in [0, 0.1) is 0 Å². The van der Waals surface area contributed by atoms with E-state index in [1.165, 1.54) is 0 Å². The molecule has 1 aromatic carbocycles. The number of halogens is 1. The summed E-state index contributed by atoms with van der Waals surface area (Å²) in [4.78, 5) is 16.4. The number of aromatic nitrogens is 1. The highest BCUT2D eigenvalue weighted by Gasteiger charge is 2.30. The van der Waals surface area contributed by atoms with Gasteiger partial charge in [-0.2, -0.15) is 0 Å². The largest absolute Gasteiger partial charge is 0.495 e. The van der Waals surface area contributed by atoms with Crippen molar-refractivity contribution in [2.24, 2.45) is 0 Å². The number of benzene rings is 1. The summed E-state index contributed by atoms with van der Waals surface area (Å²) in [7, 11) is 1.55. The van der Waals surface area contributed by atoms with Crippen molar-refractivity contribution in [3.05, 3.63) is 53.3 Å². The average Bonchev–Trinajstić information content (AvgIpc) is 3.06. The van der Waals surface area contributed by atoms with Crippen LogP contribution in [-0.2, 0) is 4.79 Å². The van der Waals surface area contributed by atoms with Crippen LogP contribution in [0.2, 0.25) is 5.02 Å². The van der Waals surface area contributed by atoms with Gasteiger partial charge in [-0.15, -0.1) is 0 Å². The highest BCUT2D eigenvalue weighted by atomic mass is 35.5. The third-order valence-electron chi connectivity index (χ3n) is 3.75. The first-order valence-corrected chi connectivity index (χ1v) is 7.60. The number of pyridine rings is 1. The highest BCUT2D eigenvalue weighted by Crippen LogP contribution is 2.28. The number of hydrazine groups is 1. The number of anilines is 1. The molecule has 1 aromatic heterocycles. The molecule has 2 unspecified atom stereocenters. The minimum Gasteiger partial charge on any atom is -0.495 e. The van der Waals surface area contributed by atoms with Gasteiger partial charge in [0.05, 0.1) is 12.1 Å². The van der Waals surface area contributed by atoms with Gasteiger partial charge in [0.15, 0.2) is 0 Å². The van der Waals surface area contributed by atoms with E-state index in [4.69, 9.17) is 16.3 Å². The quantitative estimate of drug-likeness (QED) is 0.801. The standard InChI is InChI=1S/C16H17ClN4O2/c1-23-15-3-2-11(8-12(15)17)19-16(22)14-9-13(20-21-14)10-4-6-18-7-5-10/h2-8,13-14,20-21H,9H2,1H3,(H,19,22). The number of carbonyl (C=O) groups is 1. The van der Waals surface area contributed by atoms with Gasteiger partial charge in [0, 0.05) is 24.1 Å². The summed E-state index contributed by atoms with van der Waals surface area (Å²) in [5.41, 5.74) is 7.88. The second-order valence-electron chi connectivity index (χ2n) is 5.25. The topological polar surface area (TPSA) is 75.3 Å². The van der Waals surface area contributed by atoms with Crippen LogP contribution in [-0.4, -0.2) is 24.0 Å². The fourth-order valence-corrected chi connectivity index (χ4v) is 2.77. The van der Waals surface area contributed by atoms with Crippen molar-refractivity contribution < 1.29 is 9.53 Å². The molecule has 1 aliphatic heterocycles. The third kappa shape index (κ3) is 3.61. The van der Waals surface area contributed by atoms with Crippen LogP contribution in [0.3, 0.4) is 0 Å². The lowest BCUT2D eigenvalue weighted by atomic mass is 10.0. The maximum Gasteiger partial charge on any atom is 0.242 e. The van der Waals surface area contributed by atoms with Gasteiger partial charge >= 0.3 is 0 Å². The summed E-state index contributed by atoms with van der Waals surface area (Å²) in [6.45, 7) is 0. The van der Waals surface area contributed by atoms with Gasteiger partial charge in [0.2, 0.25) is 5.91 Å². The van der Waals surface area contributed by atoms with E-state index in [0.717, 1.165) is 5.56 Å². The Bertz CT molecular complexity index is 696. The minimum atomic E-state index is -0.325. The molecule has 0 aliphatic carbocycles. The zero-order chi connectivity index (χ0) is 16.2. The Balaban J connectivity index is 1.62. The number of rotatable bonds is 4. The molecule has 3 N–H and O–H groups in total. The van der Waals surface area contributed by atoms with Crippen molar-refractivity contribution in [1.82, 2.24) is 15.8 Å². The van der Waals surface area contributed by atoms with Crippen LogP contribution < -0.4 is 20.9 Å². The van der Waals surface area contributed by atoms with Gasteiger partial charge in [0.25, 0.3) is 0 Å². The first kappa shape index (κ1) is 15.7. The average molecular weight is 333 g/mol. The molecule has 120 valence electrons. The van der Waals surface area contributed by atoms with Crippen LogP contribution in [0.1, 0.15) is 18.0 Å². The number of amides is 1. The summed E-state index contributed by atoms with van der Waals surface area (Å²) in [5, 5.41) is 3.31. The van der Waals surface area contributed by atoms with Gasteiger partial charge in [-0.25, -0.2) is 10.9 Å². The monoisotopic (exact) mass is 332 g/mol. The van der Waals surface area contributed by atoms with Gasteiger partial charge in [0.1, 0.15) is 11.8 Å². The molecule has 1 fully saturated rings. The molecule has 2 heterocycles. The van der Waals surface area contributed by atoms with E-state index < -0.39 is 0 Å². The Kier molecular flexibility index (Phi) is 4.76. The third-order valence-corrected chi connectivity index (χ3v) is 4.04. The number of hydrogen-bond acceptors (Lipinski definition) is 5. The van der Waals surface area contributed by atoms with E-state index in [9.17, 15) is 4.79 Å². The van der Waals surface area contributed by atoms with E-state index in [1.807, 2.05) is 12.1 Å². The molecule has 2 aromatic rings. The van der Waals surface area contributed by atoms with Crippen molar-refractivity contribution in [2.75, 3.05) is 12.4 Å². The van der Waals surface area contributed by atoms with Crippen molar-refractivity contribution >= 4 is 23.2 Å². The zero-order valence-electron chi connectivity index (χ0n) is 12.5. The summed E-state index contributed by atoms with van der Waals surface area (Å²) >= 11 is 6.07. The normalized spacial score (nSPS) is 20.3. The molecule has 0 spiro atoms. The Morgan fingerprint density at radius 1 is 1.30 bits per heavy atom. The smallest absolute Gasteiger partial charge is 0.242 e. The van der Waals surface area contributed by atoms with Crippen LogP contribution in [0.5, 0.6) is 5.75 Å². The van der Waals surface area contributed by atoms with Gasteiger partial charge in [-0.05, 0) is 42.3 Å². The lowest BCUT2D eigenvalue weighted by Gasteiger charge is -2.12. The molecule has 0 saturated carbocycles. The maximum absolute atomic E-state index is 12.4. The predicted octanol–water partition coefficient (Wildman–Crippen LogP) is 2.29. The van der Waals surface area contributed by atoms with Crippen LogP contribution in [0.25, 0.3) is 0 Å². The molecule has 1 saturated heterocycles. The van der Waals surface area contributed by atoms with E-state index in [0.29, 0.717) is 22.9 Å². The number of nitrogens with zero attached hydrogens (tertiary/aromatic N) is 1. The number of hydrogen-bond donors (Lipinski definition) is 3. The van der Waals surface area contributed by atoms with Crippen LogP contribution in [0.15, 0.2) is 42.7 Å². The molecule has 3 rings (SSSR count). The summed E-state index contributed by atoms with van der Waals surface area (Å²) < 4.78 is 5.10. The molecule has 6 nitrogen and oxygen atoms in total. The molecular formula is C16H17ClN4O2. The first-order chi connectivity index (χ1) is 11.2. The number of carbonyl (C=O) groups excluding carboxylic acids is 1. The van der Waals surface area contributed by atoms with E-state index in [2.05, 4.69) is 21.2 Å². The first-order valence-electron chi connectivity index (χ1n) is 7.23. The number of ether oxygens (including phenoxy) is 1. The van der Waals surface area contributed by atoms with Gasteiger partial charge in [-0.1, -0.05) is 11.6 Å². The van der Waals surface area contributed by atoms with Crippen molar-refractivity contribution in [1.29, 1.82) is 0 Å². The minimum absolute atomic E-state index is 0.0770. The second kappa shape index (κ2) is 6.95. The molecule has 2 atom stereocenters. The van der Waals surface area contributed by atoms with Gasteiger partial charge in [-0.3, -0.25) is 9.78 Å². The number of methoxy groups -OCH3 is 1. The molecule has 7 heteroatoms. The highest BCUT2D eigenvalue weighted by molar-refractivity contribution is 6.32. The maximum atomic E-state index is 12.4. The lowest BCUT2D eigenvalue weighted by molar-refractivity contribution is -0.117. The fraction of sp³-hybridized carbons (Fsp3) is 0.250. The molecule has 0 bridgehead atoms. The summed E-state index contributed by atoms with van der Waals surface area (Å²) in [6.07, 6.45) is 4.13. The molecule has 1 amide bonds. The van der Waals surface area contributed by atoms with E-state index in [-0.39, 0.29) is 18.0 Å². The second-order valence-corrected chi connectivity index (χ2v) is 5.66. The van der Waals surface area contributed by atoms with Crippen molar-refractivity contribution in [2.45, 2.75) is 18.5 Å². The van der Waals surface area contributed by atoms with Crippen LogP contribution >= 0.6 is 11.6 Å². The summed E-state index contributed by atoms with van der Waals surface area (Å²) in [5.74, 6) is 0.457. The Hall–Kier alpha value is -2.15. The van der Waals surface area contributed by atoms with Crippen LogP contribution in [0.4, 0.5) is 5.69 Å². The predicted molar refractivity (Wildman–Crippen MR) is 88.3 cm³/mol. The zero-order valence-corrected chi connectivity index (χ0v) is 13.3. The SMILES string of the molecule is COc1ccc(NC(=O)C2CC(c3ccncc3)NN2)cc1Cl. The molecule has 1 aliphatic rings. The Morgan fingerprint density at radius 2 is 2.09 bits per heavy atom. The fourth-order valence-electron chi connectivity index (χ4n) is 2.52. The van der Waals surface area contributed by atoms with Crippen molar-refractivity contribution in [3.63, 3.8) is 0 Å². The molecule has 0 radical (unpaired) electrons.